The summed E-state index contributed by atoms with van der Waals surface area (Å²) < 4.78 is 0. The fraction of sp³-hybridized carbons (Fsp3) is 0.263. The molecule has 0 amide bonds. The summed E-state index contributed by atoms with van der Waals surface area (Å²) in [5, 5.41) is 6.95. The normalized spacial score (nSPS) is 10.2. The Kier molecular flexibility index (Phi) is 6.29. The summed E-state index contributed by atoms with van der Waals surface area (Å²) in [6.07, 6.45) is 3.36. The van der Waals surface area contributed by atoms with Gasteiger partial charge < -0.3 is 10.6 Å². The molecule has 0 atom stereocenters. The fourth-order valence-electron chi connectivity index (χ4n) is 2.30. The second-order valence-corrected chi connectivity index (χ2v) is 5.88. The number of hydrogen-bond acceptors (Lipinski definition) is 2. The molecule has 0 aliphatic carbocycles. The highest BCUT2D eigenvalue weighted by atomic mass is 32.1. The first-order valence-electron chi connectivity index (χ1n) is 7.87. The summed E-state index contributed by atoms with van der Waals surface area (Å²) >= 11 is 5.39. The van der Waals surface area contributed by atoms with E-state index in [1.807, 2.05) is 30.3 Å². The number of aryl methyl sites for hydroxylation is 1. The molecule has 0 saturated carbocycles. The Morgan fingerprint density at radius 1 is 1.04 bits per heavy atom. The van der Waals surface area contributed by atoms with Crippen molar-refractivity contribution in [1.29, 1.82) is 0 Å². The van der Waals surface area contributed by atoms with Crippen molar-refractivity contribution in [2.45, 2.75) is 33.1 Å². The van der Waals surface area contributed by atoms with Crippen molar-refractivity contribution in [3.05, 3.63) is 59.7 Å². The summed E-state index contributed by atoms with van der Waals surface area (Å²) in [4.78, 5) is 11.3. The lowest BCUT2D eigenvalue weighted by Crippen LogP contribution is -2.20. The minimum absolute atomic E-state index is 0.0575. The van der Waals surface area contributed by atoms with E-state index < -0.39 is 0 Å². The fourth-order valence-corrected chi connectivity index (χ4v) is 2.53. The number of para-hydroxylation sites is 1. The van der Waals surface area contributed by atoms with Gasteiger partial charge in [0.2, 0.25) is 0 Å². The van der Waals surface area contributed by atoms with Gasteiger partial charge in [0.15, 0.2) is 10.9 Å². The highest BCUT2D eigenvalue weighted by Gasteiger charge is 2.05. The minimum Gasteiger partial charge on any atom is -0.332 e. The Labute approximate surface area is 143 Å². The predicted molar refractivity (Wildman–Crippen MR) is 101 cm³/mol. The SMILES string of the molecule is CCCCc1ccccc1NC(=S)Nc1ccc(C(C)=O)cc1. The largest absolute Gasteiger partial charge is 0.332 e. The van der Waals surface area contributed by atoms with Crippen molar-refractivity contribution in [2.75, 3.05) is 10.6 Å². The average molecular weight is 326 g/mol. The molecule has 2 N–H and O–H groups in total. The topological polar surface area (TPSA) is 41.1 Å². The lowest BCUT2D eigenvalue weighted by molar-refractivity contribution is 0.101. The van der Waals surface area contributed by atoms with Gasteiger partial charge in [-0.15, -0.1) is 0 Å². The Balaban J connectivity index is 2.00. The molecule has 0 unspecified atom stereocenters. The summed E-state index contributed by atoms with van der Waals surface area (Å²) in [5.74, 6) is 0.0575. The van der Waals surface area contributed by atoms with Crippen LogP contribution in [0.25, 0.3) is 0 Å². The van der Waals surface area contributed by atoms with Gasteiger partial charge in [-0.3, -0.25) is 4.79 Å². The maximum Gasteiger partial charge on any atom is 0.175 e. The number of thiocarbonyl (C=S) groups is 1. The predicted octanol–water partition coefficient (Wildman–Crippen LogP) is 5.04. The van der Waals surface area contributed by atoms with Crippen molar-refractivity contribution in [3.8, 4) is 0 Å². The molecule has 0 aromatic heterocycles. The number of benzene rings is 2. The first kappa shape index (κ1) is 17.2. The molecule has 0 aliphatic rings. The van der Waals surface area contributed by atoms with Crippen LogP contribution in [0.5, 0.6) is 0 Å². The second kappa shape index (κ2) is 8.44. The first-order chi connectivity index (χ1) is 11.1. The number of unbranched alkanes of at least 4 members (excludes halogenated alkanes) is 1. The van der Waals surface area contributed by atoms with E-state index in [-0.39, 0.29) is 5.78 Å². The Bertz CT molecular complexity index is 680. The maximum atomic E-state index is 11.3. The number of nitrogens with one attached hydrogen (secondary N) is 2. The van der Waals surface area contributed by atoms with Crippen LogP contribution in [0.2, 0.25) is 0 Å². The molecule has 2 aromatic carbocycles. The number of rotatable bonds is 6. The van der Waals surface area contributed by atoms with Gasteiger partial charge in [-0.2, -0.15) is 0 Å². The number of anilines is 2. The van der Waals surface area contributed by atoms with Crippen LogP contribution in [0, 0.1) is 0 Å². The maximum absolute atomic E-state index is 11.3. The van der Waals surface area contributed by atoms with Crippen LogP contribution in [0.15, 0.2) is 48.5 Å². The van der Waals surface area contributed by atoms with Crippen molar-refractivity contribution < 1.29 is 4.79 Å². The van der Waals surface area contributed by atoms with Gasteiger partial charge in [0.25, 0.3) is 0 Å². The quantitative estimate of drug-likeness (QED) is 0.576. The van der Waals surface area contributed by atoms with Gasteiger partial charge in [-0.25, -0.2) is 0 Å². The van der Waals surface area contributed by atoms with E-state index >= 15 is 0 Å². The minimum atomic E-state index is 0.0575. The zero-order valence-electron chi connectivity index (χ0n) is 13.6. The van der Waals surface area contributed by atoms with Crippen LogP contribution < -0.4 is 10.6 Å². The molecule has 0 spiro atoms. The molecule has 0 saturated heterocycles. The van der Waals surface area contributed by atoms with Gasteiger partial charge in [0.1, 0.15) is 0 Å². The lowest BCUT2D eigenvalue weighted by Gasteiger charge is -2.14. The van der Waals surface area contributed by atoms with E-state index in [1.54, 1.807) is 19.1 Å². The van der Waals surface area contributed by atoms with Gasteiger partial charge in [0, 0.05) is 16.9 Å². The molecule has 0 radical (unpaired) electrons. The third-order valence-corrected chi connectivity index (χ3v) is 3.82. The lowest BCUT2D eigenvalue weighted by atomic mass is 10.1. The summed E-state index contributed by atoms with van der Waals surface area (Å²) in [6, 6.07) is 15.5. The molecule has 2 rings (SSSR count). The van der Waals surface area contributed by atoms with Crippen LogP contribution in [0.3, 0.4) is 0 Å². The molecule has 23 heavy (non-hydrogen) atoms. The number of hydrogen-bond donors (Lipinski definition) is 2. The first-order valence-corrected chi connectivity index (χ1v) is 8.28. The summed E-state index contributed by atoms with van der Waals surface area (Å²) in [5.41, 5.74) is 3.86. The van der Waals surface area contributed by atoms with Crippen molar-refractivity contribution in [3.63, 3.8) is 0 Å². The molecule has 3 nitrogen and oxygen atoms in total. The molecular formula is C19H22N2OS. The second-order valence-electron chi connectivity index (χ2n) is 5.47. The Hall–Kier alpha value is -2.20. The summed E-state index contributed by atoms with van der Waals surface area (Å²) in [6.45, 7) is 3.74. The highest BCUT2D eigenvalue weighted by molar-refractivity contribution is 7.80. The number of carbonyl (C=O) groups is 1. The molecule has 0 fully saturated rings. The van der Waals surface area contributed by atoms with E-state index in [1.165, 1.54) is 12.0 Å². The average Bonchev–Trinajstić information content (AvgIpc) is 2.54. The summed E-state index contributed by atoms with van der Waals surface area (Å²) in [7, 11) is 0. The molecule has 120 valence electrons. The molecule has 0 heterocycles. The Morgan fingerprint density at radius 2 is 1.74 bits per heavy atom. The van der Waals surface area contributed by atoms with E-state index in [2.05, 4.69) is 23.6 Å². The monoisotopic (exact) mass is 326 g/mol. The highest BCUT2D eigenvalue weighted by Crippen LogP contribution is 2.18. The molecular weight excluding hydrogens is 304 g/mol. The van der Waals surface area contributed by atoms with Gasteiger partial charge in [0.05, 0.1) is 0 Å². The van der Waals surface area contributed by atoms with Crippen molar-refractivity contribution >= 4 is 34.5 Å². The molecule has 0 bridgehead atoms. The number of ketones is 1. The van der Waals surface area contributed by atoms with Gasteiger partial charge in [-0.05, 0) is 67.9 Å². The van der Waals surface area contributed by atoms with E-state index in [0.717, 1.165) is 24.2 Å². The van der Waals surface area contributed by atoms with Crippen LogP contribution in [0.4, 0.5) is 11.4 Å². The number of Topliss-reactive ketones (excluding diaryl/α,β-unsaturated/α-hetero) is 1. The zero-order valence-corrected chi connectivity index (χ0v) is 14.4. The van der Waals surface area contributed by atoms with Gasteiger partial charge in [-0.1, -0.05) is 31.5 Å². The van der Waals surface area contributed by atoms with Crippen molar-refractivity contribution in [2.24, 2.45) is 0 Å². The third kappa shape index (κ3) is 5.18. The smallest absolute Gasteiger partial charge is 0.175 e. The zero-order chi connectivity index (χ0) is 16.7. The Morgan fingerprint density at radius 3 is 2.39 bits per heavy atom. The third-order valence-electron chi connectivity index (χ3n) is 3.61. The number of carbonyl (C=O) groups excluding carboxylic acids is 1. The standard InChI is InChI=1S/C19H22N2OS/c1-3-4-7-16-8-5-6-9-18(16)21-19(23)20-17-12-10-15(11-13-17)14(2)22/h5-6,8-13H,3-4,7H2,1-2H3,(H2,20,21,23). The van der Waals surface area contributed by atoms with E-state index in [9.17, 15) is 4.79 Å². The van der Waals surface area contributed by atoms with E-state index in [4.69, 9.17) is 12.2 Å². The van der Waals surface area contributed by atoms with Crippen LogP contribution in [0.1, 0.15) is 42.6 Å². The molecule has 4 heteroatoms. The molecule has 0 aliphatic heterocycles. The molecule has 2 aromatic rings. The van der Waals surface area contributed by atoms with Crippen molar-refractivity contribution in [1.82, 2.24) is 0 Å². The van der Waals surface area contributed by atoms with Crippen LogP contribution in [-0.2, 0) is 6.42 Å². The van der Waals surface area contributed by atoms with Crippen LogP contribution in [-0.4, -0.2) is 10.9 Å². The van der Waals surface area contributed by atoms with Gasteiger partial charge >= 0.3 is 0 Å². The van der Waals surface area contributed by atoms with Crippen LogP contribution >= 0.6 is 12.2 Å². The van der Waals surface area contributed by atoms with E-state index in [0.29, 0.717) is 10.7 Å².